The maximum atomic E-state index is 12.2. The van der Waals surface area contributed by atoms with E-state index in [4.69, 9.17) is 16.7 Å². The summed E-state index contributed by atoms with van der Waals surface area (Å²) in [5.41, 5.74) is 0.308. The van der Waals surface area contributed by atoms with E-state index < -0.39 is 16.0 Å². The van der Waals surface area contributed by atoms with Crippen molar-refractivity contribution in [2.45, 2.75) is 4.90 Å². The van der Waals surface area contributed by atoms with Gasteiger partial charge in [0.2, 0.25) is 0 Å². The normalized spacial score (nSPS) is 11.1. The van der Waals surface area contributed by atoms with Crippen molar-refractivity contribution in [1.29, 1.82) is 0 Å². The number of carbonyl (C=O) groups is 1. The third kappa shape index (κ3) is 3.55. The van der Waals surface area contributed by atoms with Crippen LogP contribution in [0, 0.1) is 0 Å². The second-order valence-electron chi connectivity index (χ2n) is 4.04. The highest BCUT2D eigenvalue weighted by Crippen LogP contribution is 2.31. The molecule has 0 radical (unpaired) electrons. The van der Waals surface area contributed by atoms with Crippen LogP contribution in [-0.4, -0.2) is 19.5 Å². The Morgan fingerprint density at radius 2 is 1.76 bits per heavy atom. The Balaban J connectivity index is 2.34. The predicted octanol–water partition coefficient (Wildman–Crippen LogP) is 3.60. The number of hydrogen-bond acceptors (Lipinski definition) is 3. The number of aromatic carboxylic acids is 1. The summed E-state index contributed by atoms with van der Waals surface area (Å²) >= 11 is 9.10. The lowest BCUT2D eigenvalue weighted by Crippen LogP contribution is -2.13. The summed E-state index contributed by atoms with van der Waals surface area (Å²) in [5, 5.41) is 9.17. The fourth-order valence-corrected chi connectivity index (χ4v) is 3.30. The molecule has 2 rings (SSSR count). The maximum Gasteiger partial charge on any atom is 0.335 e. The average Bonchev–Trinajstić information content (AvgIpc) is 2.44. The molecule has 2 N–H and O–H groups in total. The number of carboxylic acids is 1. The monoisotopic (exact) mass is 389 g/mol. The highest BCUT2D eigenvalue weighted by molar-refractivity contribution is 9.10. The summed E-state index contributed by atoms with van der Waals surface area (Å²) in [6.45, 7) is 0. The minimum atomic E-state index is -3.83. The van der Waals surface area contributed by atoms with E-state index in [0.29, 0.717) is 15.2 Å². The summed E-state index contributed by atoms with van der Waals surface area (Å²) in [4.78, 5) is 10.7. The standard InChI is InChI=1S/C13H9BrClNO4S/c14-12-10(15)2-1-3-11(12)16-21(19,20)9-6-4-8(5-7-9)13(17)18/h1-7,16H,(H,17,18). The average molecular weight is 391 g/mol. The Hall–Kier alpha value is -1.57. The minimum absolute atomic E-state index is 0.0119. The number of sulfonamides is 1. The quantitative estimate of drug-likeness (QED) is 0.835. The first-order valence-electron chi connectivity index (χ1n) is 5.61. The van der Waals surface area contributed by atoms with Crippen LogP contribution in [0.3, 0.4) is 0 Å². The van der Waals surface area contributed by atoms with E-state index in [9.17, 15) is 13.2 Å². The van der Waals surface area contributed by atoms with Crippen LogP contribution in [0.2, 0.25) is 5.02 Å². The number of benzene rings is 2. The first-order valence-corrected chi connectivity index (χ1v) is 8.27. The fraction of sp³-hybridized carbons (Fsp3) is 0. The van der Waals surface area contributed by atoms with Crippen molar-refractivity contribution < 1.29 is 18.3 Å². The van der Waals surface area contributed by atoms with E-state index in [-0.39, 0.29) is 10.5 Å². The summed E-state index contributed by atoms with van der Waals surface area (Å²) in [6, 6.07) is 9.69. The SMILES string of the molecule is O=C(O)c1ccc(S(=O)(=O)Nc2cccc(Cl)c2Br)cc1. The van der Waals surface area contributed by atoms with E-state index in [0.717, 1.165) is 0 Å². The van der Waals surface area contributed by atoms with Crippen LogP contribution in [0.4, 0.5) is 5.69 Å². The van der Waals surface area contributed by atoms with Gasteiger partial charge in [-0.05, 0) is 52.3 Å². The van der Waals surface area contributed by atoms with Gasteiger partial charge in [0.25, 0.3) is 10.0 Å². The third-order valence-electron chi connectivity index (χ3n) is 2.61. The van der Waals surface area contributed by atoms with Crippen LogP contribution in [0.25, 0.3) is 0 Å². The lowest BCUT2D eigenvalue weighted by molar-refractivity contribution is 0.0697. The van der Waals surface area contributed by atoms with E-state index in [1.807, 2.05) is 0 Å². The molecule has 0 spiro atoms. The topological polar surface area (TPSA) is 83.5 Å². The molecule has 0 aliphatic carbocycles. The van der Waals surface area contributed by atoms with E-state index in [2.05, 4.69) is 20.7 Å². The van der Waals surface area contributed by atoms with Gasteiger partial charge in [0.15, 0.2) is 0 Å². The molecule has 110 valence electrons. The van der Waals surface area contributed by atoms with Gasteiger partial charge in [-0.15, -0.1) is 0 Å². The molecule has 2 aromatic carbocycles. The molecule has 0 amide bonds. The van der Waals surface area contributed by atoms with Gasteiger partial charge in [-0.25, -0.2) is 13.2 Å². The van der Waals surface area contributed by atoms with Gasteiger partial charge < -0.3 is 5.11 Å². The predicted molar refractivity (Wildman–Crippen MR) is 83.4 cm³/mol. The zero-order chi connectivity index (χ0) is 15.6. The Morgan fingerprint density at radius 1 is 1.14 bits per heavy atom. The van der Waals surface area contributed by atoms with Gasteiger partial charge in [-0.2, -0.15) is 0 Å². The molecule has 8 heteroatoms. The maximum absolute atomic E-state index is 12.2. The molecule has 0 aliphatic rings. The molecule has 0 aromatic heterocycles. The summed E-state index contributed by atoms with van der Waals surface area (Å²) in [5.74, 6) is -1.12. The molecule has 0 bridgehead atoms. The van der Waals surface area contributed by atoms with Crippen molar-refractivity contribution >= 4 is 49.2 Å². The zero-order valence-electron chi connectivity index (χ0n) is 10.4. The number of anilines is 1. The highest BCUT2D eigenvalue weighted by atomic mass is 79.9. The molecule has 0 saturated carbocycles. The van der Waals surface area contributed by atoms with Crippen molar-refractivity contribution in [3.63, 3.8) is 0 Å². The van der Waals surface area contributed by atoms with Crippen molar-refractivity contribution in [3.05, 3.63) is 57.5 Å². The number of hydrogen-bond donors (Lipinski definition) is 2. The van der Waals surface area contributed by atoms with Crippen LogP contribution in [-0.2, 0) is 10.0 Å². The molecule has 0 saturated heterocycles. The zero-order valence-corrected chi connectivity index (χ0v) is 13.5. The van der Waals surface area contributed by atoms with Gasteiger partial charge >= 0.3 is 5.97 Å². The molecule has 0 atom stereocenters. The van der Waals surface area contributed by atoms with Gasteiger partial charge in [-0.1, -0.05) is 17.7 Å². The molecule has 0 heterocycles. The molecule has 0 aliphatic heterocycles. The smallest absolute Gasteiger partial charge is 0.335 e. The second kappa shape index (κ2) is 6.05. The van der Waals surface area contributed by atoms with Gasteiger partial charge in [0, 0.05) is 0 Å². The second-order valence-corrected chi connectivity index (χ2v) is 6.92. The molecular formula is C13H9BrClNO4S. The Bertz CT molecular complexity index is 790. The number of nitrogens with one attached hydrogen (secondary N) is 1. The lowest BCUT2D eigenvalue weighted by atomic mass is 10.2. The van der Waals surface area contributed by atoms with Crippen molar-refractivity contribution in [1.82, 2.24) is 0 Å². The van der Waals surface area contributed by atoms with Crippen LogP contribution >= 0.6 is 27.5 Å². The molecule has 21 heavy (non-hydrogen) atoms. The van der Waals surface area contributed by atoms with Gasteiger partial charge in [0.05, 0.1) is 25.6 Å². The molecule has 5 nitrogen and oxygen atoms in total. The van der Waals surface area contributed by atoms with Crippen molar-refractivity contribution in [3.8, 4) is 0 Å². The number of carboxylic acid groups (broad SMARTS) is 1. The van der Waals surface area contributed by atoms with Gasteiger partial charge in [0.1, 0.15) is 0 Å². The summed E-state index contributed by atoms with van der Waals surface area (Å²) < 4.78 is 27.3. The van der Waals surface area contributed by atoms with Gasteiger partial charge in [-0.3, -0.25) is 4.72 Å². The van der Waals surface area contributed by atoms with Crippen molar-refractivity contribution in [2.75, 3.05) is 4.72 Å². The van der Waals surface area contributed by atoms with Crippen LogP contribution in [0.1, 0.15) is 10.4 Å². The van der Waals surface area contributed by atoms with E-state index in [1.165, 1.54) is 24.3 Å². The highest BCUT2D eigenvalue weighted by Gasteiger charge is 2.17. The first kappa shape index (κ1) is 15.8. The molecule has 0 unspecified atom stereocenters. The Morgan fingerprint density at radius 3 is 2.33 bits per heavy atom. The summed E-state index contributed by atoms with van der Waals surface area (Å²) in [7, 11) is -3.83. The van der Waals surface area contributed by atoms with Crippen LogP contribution in [0.15, 0.2) is 51.8 Å². The van der Waals surface area contributed by atoms with E-state index in [1.54, 1.807) is 18.2 Å². The third-order valence-corrected chi connectivity index (χ3v) is 5.39. The van der Waals surface area contributed by atoms with Crippen LogP contribution in [0.5, 0.6) is 0 Å². The van der Waals surface area contributed by atoms with E-state index >= 15 is 0 Å². The Kier molecular flexibility index (Phi) is 4.55. The number of rotatable bonds is 4. The molecule has 2 aromatic rings. The molecular weight excluding hydrogens is 382 g/mol. The van der Waals surface area contributed by atoms with Crippen molar-refractivity contribution in [2.24, 2.45) is 0 Å². The largest absolute Gasteiger partial charge is 0.478 e. The molecule has 0 fully saturated rings. The summed E-state index contributed by atoms with van der Waals surface area (Å²) in [6.07, 6.45) is 0. The number of halogens is 2. The Labute approximate surface area is 134 Å². The first-order chi connectivity index (χ1) is 9.81. The fourth-order valence-electron chi connectivity index (χ4n) is 1.56. The minimum Gasteiger partial charge on any atom is -0.478 e. The lowest BCUT2D eigenvalue weighted by Gasteiger charge is -2.10. The van der Waals surface area contributed by atoms with Crippen LogP contribution < -0.4 is 4.72 Å².